The van der Waals surface area contributed by atoms with Crippen LogP contribution in [0.2, 0.25) is 0 Å². The van der Waals surface area contributed by atoms with E-state index in [-0.39, 0.29) is 30.4 Å². The molecule has 0 fully saturated rings. The van der Waals surface area contributed by atoms with Gasteiger partial charge in [0, 0.05) is 0 Å². The number of halogens is 1. The van der Waals surface area contributed by atoms with Gasteiger partial charge in [0.05, 0.1) is 6.16 Å². The Balaban J connectivity index is 0.00000140. The van der Waals surface area contributed by atoms with Crippen molar-refractivity contribution in [2.24, 2.45) is 0 Å². The molecule has 1 atom stereocenters. The van der Waals surface area contributed by atoms with Gasteiger partial charge in [-0.1, -0.05) is 84.9 Å². The van der Waals surface area contributed by atoms with Crippen LogP contribution in [-0.2, 0) is 6.16 Å². The molecule has 0 amide bonds. The molecule has 0 N–H and O–H groups in total. The maximum atomic E-state index is 2.30. The van der Waals surface area contributed by atoms with E-state index in [0.29, 0.717) is 0 Å². The van der Waals surface area contributed by atoms with Crippen molar-refractivity contribution in [2.45, 2.75) is 6.16 Å². The molecule has 0 saturated heterocycles. The van der Waals surface area contributed by atoms with Gasteiger partial charge >= 0.3 is 18.0 Å². The molecular formula is C25H25AsClP. The summed E-state index contributed by atoms with van der Waals surface area (Å²) in [5.74, 6) is 0. The SMILES string of the molecule is [AsH3].[Cl-].c1ccc(C[P+](c2ccccc2)(c2ccccc2)c2ccccc2)cc1. The third kappa shape index (κ3) is 4.59. The Kier molecular flexibility index (Phi) is 8.53. The summed E-state index contributed by atoms with van der Waals surface area (Å²) in [6.07, 6.45) is 1.03. The van der Waals surface area contributed by atoms with Crippen molar-refractivity contribution in [3.8, 4) is 0 Å². The molecule has 0 aliphatic heterocycles. The molecule has 0 aliphatic carbocycles. The van der Waals surface area contributed by atoms with Crippen molar-refractivity contribution in [2.75, 3.05) is 0 Å². The number of hydrogen-bond donors (Lipinski definition) is 0. The molecule has 4 aromatic rings. The number of rotatable bonds is 5. The fourth-order valence-electron chi connectivity index (χ4n) is 3.63. The van der Waals surface area contributed by atoms with Crippen molar-refractivity contribution in [3.63, 3.8) is 0 Å². The van der Waals surface area contributed by atoms with E-state index in [9.17, 15) is 0 Å². The molecule has 0 heterocycles. The van der Waals surface area contributed by atoms with E-state index in [1.807, 2.05) is 0 Å². The molecule has 1 unspecified atom stereocenters. The summed E-state index contributed by atoms with van der Waals surface area (Å²) in [5, 5.41) is 4.30. The fraction of sp³-hybridized carbons (Fsp3) is 0.0400. The second kappa shape index (κ2) is 10.6. The van der Waals surface area contributed by atoms with E-state index in [2.05, 4.69) is 121 Å². The molecule has 4 aromatic carbocycles. The van der Waals surface area contributed by atoms with Crippen LogP contribution in [0.1, 0.15) is 5.56 Å². The summed E-state index contributed by atoms with van der Waals surface area (Å²) in [6, 6.07) is 44.0. The van der Waals surface area contributed by atoms with Crippen LogP contribution in [0.3, 0.4) is 0 Å². The second-order valence-electron chi connectivity index (χ2n) is 6.46. The minimum atomic E-state index is -1.78. The molecule has 0 spiro atoms. The molecule has 0 bridgehead atoms. The van der Waals surface area contributed by atoms with Crippen molar-refractivity contribution < 1.29 is 12.4 Å². The Morgan fingerprint density at radius 1 is 0.429 bits per heavy atom. The summed E-state index contributed by atoms with van der Waals surface area (Å²) >= 11 is 0. The third-order valence-corrected chi connectivity index (χ3v) is 9.23. The van der Waals surface area contributed by atoms with Gasteiger partial charge in [-0.05, 0) is 42.0 Å². The molecule has 4 rings (SSSR count). The zero-order chi connectivity index (χ0) is 17.7. The minimum absolute atomic E-state index is 0. The smallest absolute Gasteiger partial charge is 0.116 e. The van der Waals surface area contributed by atoms with Crippen LogP contribution in [0.15, 0.2) is 121 Å². The normalized spacial score (nSPS) is 10.4. The summed E-state index contributed by atoms with van der Waals surface area (Å²) in [7, 11) is -1.78. The first kappa shape index (κ1) is 22.4. The first-order chi connectivity index (χ1) is 12.9. The van der Waals surface area contributed by atoms with Gasteiger partial charge in [-0.3, -0.25) is 0 Å². The van der Waals surface area contributed by atoms with E-state index >= 15 is 0 Å². The van der Waals surface area contributed by atoms with Crippen molar-refractivity contribution in [1.82, 2.24) is 0 Å². The van der Waals surface area contributed by atoms with Gasteiger partial charge in [0.2, 0.25) is 0 Å². The van der Waals surface area contributed by atoms with Crippen LogP contribution >= 0.6 is 7.26 Å². The van der Waals surface area contributed by atoms with Crippen LogP contribution in [0.4, 0.5) is 0 Å². The topological polar surface area (TPSA) is 0 Å². The summed E-state index contributed by atoms with van der Waals surface area (Å²) in [4.78, 5) is 0. The van der Waals surface area contributed by atoms with Crippen LogP contribution < -0.4 is 28.3 Å². The Bertz CT molecular complexity index is 848. The van der Waals surface area contributed by atoms with Gasteiger partial charge in [-0.15, -0.1) is 0 Å². The molecule has 0 aromatic heterocycles. The molecular weight excluding hydrogens is 442 g/mol. The predicted molar refractivity (Wildman–Crippen MR) is 125 cm³/mol. The number of benzene rings is 4. The van der Waals surface area contributed by atoms with Gasteiger partial charge in [-0.25, -0.2) is 0 Å². The van der Waals surface area contributed by atoms with Crippen LogP contribution in [0, 0.1) is 0 Å². The standard InChI is InChI=1S/C25H22P.AsH3.ClH/c1-5-13-22(14-6-1)21-26(23-15-7-2-8-16-23,24-17-9-3-10-18-24)25-19-11-4-12-20-25;;/h1-20H,21H2;1H3;1H/q+1;;/p-1. The predicted octanol–water partition coefficient (Wildman–Crippen LogP) is 1.00. The maximum absolute atomic E-state index is 2.30. The Morgan fingerprint density at radius 3 is 1.04 bits per heavy atom. The van der Waals surface area contributed by atoms with E-state index in [0.717, 1.165) is 6.16 Å². The second-order valence-corrected chi connectivity index (χ2v) is 9.95. The monoisotopic (exact) mass is 466 g/mol. The van der Waals surface area contributed by atoms with Gasteiger partial charge in [0.15, 0.2) is 0 Å². The zero-order valence-electron chi connectivity index (χ0n) is 15.8. The molecule has 0 nitrogen and oxygen atoms in total. The van der Waals surface area contributed by atoms with Crippen molar-refractivity contribution >= 4 is 41.1 Å². The maximum Gasteiger partial charge on any atom is 0.116 e. The molecule has 0 saturated carbocycles. The van der Waals surface area contributed by atoms with Crippen molar-refractivity contribution in [1.29, 1.82) is 0 Å². The van der Waals surface area contributed by atoms with Crippen LogP contribution in [0.5, 0.6) is 0 Å². The van der Waals surface area contributed by atoms with Gasteiger partial charge < -0.3 is 12.4 Å². The van der Waals surface area contributed by atoms with Gasteiger partial charge in [-0.2, -0.15) is 0 Å². The van der Waals surface area contributed by atoms with E-state index < -0.39 is 7.26 Å². The number of hydrogen-bond acceptors (Lipinski definition) is 0. The average Bonchev–Trinajstić information content (AvgIpc) is 2.75. The Morgan fingerprint density at radius 2 is 0.714 bits per heavy atom. The summed E-state index contributed by atoms with van der Waals surface area (Å²) in [5.41, 5.74) is 1.39. The van der Waals surface area contributed by atoms with Gasteiger partial charge in [0.25, 0.3) is 0 Å². The van der Waals surface area contributed by atoms with Gasteiger partial charge in [0.1, 0.15) is 23.2 Å². The average molecular weight is 467 g/mol. The fourth-order valence-corrected chi connectivity index (χ4v) is 7.87. The minimum Gasteiger partial charge on any atom is -1.00 e. The molecule has 3 heteroatoms. The zero-order valence-corrected chi connectivity index (χ0v) is 20.4. The summed E-state index contributed by atoms with van der Waals surface area (Å²) < 4.78 is 0. The first-order valence-corrected chi connectivity index (χ1v) is 11.0. The van der Waals surface area contributed by atoms with E-state index in [4.69, 9.17) is 0 Å². The van der Waals surface area contributed by atoms with Crippen molar-refractivity contribution in [3.05, 3.63) is 127 Å². The molecule has 28 heavy (non-hydrogen) atoms. The molecule has 142 valence electrons. The van der Waals surface area contributed by atoms with Crippen LogP contribution in [-0.4, -0.2) is 18.0 Å². The quantitative estimate of drug-likeness (QED) is 0.304. The largest absolute Gasteiger partial charge is 1.00 e. The third-order valence-electron chi connectivity index (χ3n) is 4.85. The Labute approximate surface area is 186 Å². The van der Waals surface area contributed by atoms with E-state index in [1.54, 1.807) is 0 Å². The Hall–Kier alpha value is -1.84. The molecule has 0 aliphatic rings. The summed E-state index contributed by atoms with van der Waals surface area (Å²) in [6.45, 7) is 0. The van der Waals surface area contributed by atoms with Crippen LogP contribution in [0.25, 0.3) is 0 Å². The van der Waals surface area contributed by atoms with E-state index in [1.165, 1.54) is 21.5 Å². The molecule has 0 radical (unpaired) electrons. The first-order valence-electron chi connectivity index (χ1n) is 8.98.